The fourth-order valence-electron chi connectivity index (χ4n) is 3.43. The zero-order chi connectivity index (χ0) is 18.4. The molecule has 4 aromatic rings. The van der Waals surface area contributed by atoms with E-state index in [4.69, 9.17) is 4.74 Å². The van der Waals surface area contributed by atoms with Crippen molar-refractivity contribution in [1.29, 1.82) is 0 Å². The van der Waals surface area contributed by atoms with Gasteiger partial charge >= 0.3 is 0 Å². The zero-order valence-electron chi connectivity index (χ0n) is 14.8. The molecule has 0 spiro atoms. The number of rotatable bonds is 3. The summed E-state index contributed by atoms with van der Waals surface area (Å²) < 4.78 is 23.0. The number of aromatic nitrogens is 4. The fourth-order valence-corrected chi connectivity index (χ4v) is 4.32. The highest BCUT2D eigenvalue weighted by molar-refractivity contribution is 7.20. The monoisotopic (exact) mass is 383 g/mol. The van der Waals surface area contributed by atoms with E-state index in [0.29, 0.717) is 16.4 Å². The van der Waals surface area contributed by atoms with Gasteiger partial charge in [0.2, 0.25) is 0 Å². The van der Waals surface area contributed by atoms with Crippen LogP contribution in [-0.2, 0) is 7.05 Å². The summed E-state index contributed by atoms with van der Waals surface area (Å²) >= 11 is 1.51. The Morgan fingerprint density at radius 3 is 2.96 bits per heavy atom. The number of hydrogen-bond donors (Lipinski definition) is 1. The first-order valence-corrected chi connectivity index (χ1v) is 9.74. The lowest BCUT2D eigenvalue weighted by Crippen LogP contribution is -2.34. The number of aryl methyl sites for hydroxylation is 1. The number of hydrogen-bond acceptors (Lipinski definition) is 6. The topological polar surface area (TPSA) is 64.9 Å². The lowest BCUT2D eigenvalue weighted by atomic mass is 10.1. The summed E-state index contributed by atoms with van der Waals surface area (Å²) in [6, 6.07) is 5.34. The van der Waals surface area contributed by atoms with Gasteiger partial charge in [0, 0.05) is 24.2 Å². The van der Waals surface area contributed by atoms with Crippen molar-refractivity contribution >= 4 is 32.5 Å². The van der Waals surface area contributed by atoms with Crippen LogP contribution in [0.2, 0.25) is 0 Å². The molecule has 0 aliphatic carbocycles. The van der Waals surface area contributed by atoms with E-state index in [2.05, 4.69) is 20.4 Å². The third-order valence-electron chi connectivity index (χ3n) is 4.78. The second kappa shape index (κ2) is 6.54. The molecule has 4 heterocycles. The first-order valence-electron chi connectivity index (χ1n) is 8.93. The quantitative estimate of drug-likeness (QED) is 0.586. The molecule has 0 saturated carbocycles. The molecule has 1 aliphatic heterocycles. The van der Waals surface area contributed by atoms with Gasteiger partial charge in [0.25, 0.3) is 5.19 Å². The van der Waals surface area contributed by atoms with Crippen LogP contribution in [0, 0.1) is 5.82 Å². The summed E-state index contributed by atoms with van der Waals surface area (Å²) in [5.41, 5.74) is 2.61. The molecular formula is C19H18FN5OS. The number of piperidine rings is 1. The first kappa shape index (κ1) is 16.6. The number of nitrogens with one attached hydrogen (secondary N) is 1. The van der Waals surface area contributed by atoms with Crippen LogP contribution in [0.25, 0.3) is 32.4 Å². The summed E-state index contributed by atoms with van der Waals surface area (Å²) in [7, 11) is 1.78. The Bertz CT molecular complexity index is 1130. The lowest BCUT2D eigenvalue weighted by Gasteiger charge is -2.22. The molecule has 1 N–H and O–H groups in total. The van der Waals surface area contributed by atoms with Gasteiger partial charge in [0.15, 0.2) is 5.82 Å². The third-order valence-corrected chi connectivity index (χ3v) is 5.69. The maximum Gasteiger partial charge on any atom is 0.274 e. The van der Waals surface area contributed by atoms with Gasteiger partial charge in [-0.2, -0.15) is 5.10 Å². The number of pyridine rings is 1. The van der Waals surface area contributed by atoms with Crippen molar-refractivity contribution in [1.82, 2.24) is 25.1 Å². The van der Waals surface area contributed by atoms with Gasteiger partial charge in [0.05, 0.1) is 16.6 Å². The number of thiazole rings is 1. The van der Waals surface area contributed by atoms with E-state index >= 15 is 0 Å². The molecule has 0 bridgehead atoms. The number of nitrogens with zero attached hydrogens (tertiary/aromatic N) is 4. The highest BCUT2D eigenvalue weighted by atomic mass is 32.1. The molecule has 0 unspecified atom stereocenters. The van der Waals surface area contributed by atoms with Crippen molar-refractivity contribution in [3.05, 3.63) is 36.4 Å². The van der Waals surface area contributed by atoms with Gasteiger partial charge in [-0.05, 0) is 44.1 Å². The Kier molecular flexibility index (Phi) is 4.02. The maximum absolute atomic E-state index is 14.4. The van der Waals surface area contributed by atoms with Crippen LogP contribution in [0.15, 0.2) is 30.6 Å². The average Bonchev–Trinajstić information content (AvgIpc) is 3.24. The summed E-state index contributed by atoms with van der Waals surface area (Å²) in [4.78, 5) is 9.02. The van der Waals surface area contributed by atoms with Crippen LogP contribution in [0.4, 0.5) is 4.39 Å². The van der Waals surface area contributed by atoms with Gasteiger partial charge in [-0.3, -0.25) is 9.67 Å². The van der Waals surface area contributed by atoms with Crippen LogP contribution >= 0.6 is 11.3 Å². The van der Waals surface area contributed by atoms with E-state index in [-0.39, 0.29) is 11.9 Å². The molecule has 3 aromatic heterocycles. The van der Waals surface area contributed by atoms with E-state index < -0.39 is 0 Å². The van der Waals surface area contributed by atoms with Gasteiger partial charge in [-0.25, -0.2) is 9.37 Å². The zero-order valence-corrected chi connectivity index (χ0v) is 15.6. The largest absolute Gasteiger partial charge is 0.467 e. The highest BCUT2D eigenvalue weighted by Crippen LogP contribution is 2.32. The van der Waals surface area contributed by atoms with E-state index in [1.165, 1.54) is 17.4 Å². The molecule has 1 fully saturated rings. The minimum atomic E-state index is -0.343. The SMILES string of the molecule is Cn1cc2cc(-c3cc4sc(OC5CCNCC5)nc4cn3)cc(F)c2n1. The van der Waals surface area contributed by atoms with E-state index in [1.807, 2.05) is 12.1 Å². The Morgan fingerprint density at radius 1 is 1.26 bits per heavy atom. The molecule has 8 heteroatoms. The van der Waals surface area contributed by atoms with Gasteiger partial charge in [-0.1, -0.05) is 11.3 Å². The van der Waals surface area contributed by atoms with Crippen LogP contribution in [0.1, 0.15) is 12.8 Å². The minimum absolute atomic E-state index is 0.210. The van der Waals surface area contributed by atoms with Crippen molar-refractivity contribution in [2.24, 2.45) is 7.05 Å². The van der Waals surface area contributed by atoms with Gasteiger partial charge in [0.1, 0.15) is 17.1 Å². The number of benzene rings is 1. The van der Waals surface area contributed by atoms with E-state index in [9.17, 15) is 4.39 Å². The number of fused-ring (bicyclic) bond motifs is 2. The molecule has 1 aromatic carbocycles. The van der Waals surface area contributed by atoms with Crippen molar-refractivity contribution in [3.63, 3.8) is 0 Å². The van der Waals surface area contributed by atoms with Gasteiger partial charge < -0.3 is 10.1 Å². The predicted octanol–water partition coefficient (Wildman–Crippen LogP) is 3.51. The van der Waals surface area contributed by atoms with Crippen molar-refractivity contribution in [2.75, 3.05) is 13.1 Å². The van der Waals surface area contributed by atoms with Crippen LogP contribution in [-0.4, -0.2) is 38.9 Å². The molecule has 27 heavy (non-hydrogen) atoms. The predicted molar refractivity (Wildman–Crippen MR) is 104 cm³/mol. The summed E-state index contributed by atoms with van der Waals surface area (Å²) in [6.07, 6.45) is 5.72. The number of ether oxygens (including phenoxy) is 1. The Balaban J connectivity index is 1.49. The molecule has 138 valence electrons. The molecule has 0 radical (unpaired) electrons. The van der Waals surface area contributed by atoms with Crippen LogP contribution < -0.4 is 10.1 Å². The summed E-state index contributed by atoms with van der Waals surface area (Å²) in [5.74, 6) is -0.343. The second-order valence-corrected chi connectivity index (χ2v) is 7.78. The van der Waals surface area contributed by atoms with E-state index in [0.717, 1.165) is 47.1 Å². The molecule has 0 amide bonds. The van der Waals surface area contributed by atoms with Crippen molar-refractivity contribution in [2.45, 2.75) is 18.9 Å². The second-order valence-electron chi connectivity index (χ2n) is 6.78. The average molecular weight is 383 g/mol. The van der Waals surface area contributed by atoms with Crippen LogP contribution in [0.3, 0.4) is 0 Å². The van der Waals surface area contributed by atoms with E-state index in [1.54, 1.807) is 24.1 Å². The molecule has 5 rings (SSSR count). The molecule has 1 saturated heterocycles. The number of halogens is 1. The first-order chi connectivity index (χ1) is 13.2. The van der Waals surface area contributed by atoms with Gasteiger partial charge in [-0.15, -0.1) is 0 Å². The molecule has 1 aliphatic rings. The smallest absolute Gasteiger partial charge is 0.274 e. The standard InChI is InChI=1S/C19H18FN5OS/c1-25-10-12-6-11(7-14(20)18(12)24-25)15-8-17-16(9-22-15)23-19(27-17)26-13-2-4-21-5-3-13/h6-10,13,21H,2-5H2,1H3. The molecular weight excluding hydrogens is 365 g/mol. The minimum Gasteiger partial charge on any atom is -0.467 e. The highest BCUT2D eigenvalue weighted by Gasteiger charge is 2.17. The molecule has 0 atom stereocenters. The Morgan fingerprint density at radius 2 is 2.11 bits per heavy atom. The fraction of sp³-hybridized carbons (Fsp3) is 0.316. The summed E-state index contributed by atoms with van der Waals surface area (Å²) in [6.45, 7) is 1.95. The Labute approximate surface area is 159 Å². The third kappa shape index (κ3) is 3.15. The lowest BCUT2D eigenvalue weighted by molar-refractivity contribution is 0.162. The summed E-state index contributed by atoms with van der Waals surface area (Å²) in [5, 5.41) is 8.91. The Hall–Kier alpha value is -2.58. The van der Waals surface area contributed by atoms with Crippen molar-refractivity contribution < 1.29 is 9.13 Å². The molecule has 6 nitrogen and oxygen atoms in total. The van der Waals surface area contributed by atoms with Crippen molar-refractivity contribution in [3.8, 4) is 16.5 Å². The maximum atomic E-state index is 14.4. The normalized spacial score (nSPS) is 15.6. The van der Waals surface area contributed by atoms with Crippen LogP contribution in [0.5, 0.6) is 5.19 Å².